The number of rotatable bonds is 5. The Morgan fingerprint density at radius 2 is 1.65 bits per heavy atom. The number of amides is 1. The number of benzene rings is 1. The van der Waals surface area contributed by atoms with Crippen molar-refractivity contribution in [2.24, 2.45) is 0 Å². The van der Waals surface area contributed by atoms with E-state index in [1.807, 2.05) is 23.6 Å². The summed E-state index contributed by atoms with van der Waals surface area (Å²) in [6, 6.07) is 15.7. The molecule has 1 amide bonds. The van der Waals surface area contributed by atoms with Crippen molar-refractivity contribution in [2.75, 3.05) is 5.32 Å². The smallest absolute Gasteiger partial charge is 0.261 e. The van der Waals surface area contributed by atoms with Crippen molar-refractivity contribution in [1.29, 1.82) is 0 Å². The number of nitrogens with zero attached hydrogens (tertiary/aromatic N) is 3. The van der Waals surface area contributed by atoms with E-state index in [4.69, 9.17) is 11.6 Å². The lowest BCUT2D eigenvalue weighted by molar-refractivity contribution is 0.102. The standard InChI is InChI=1S/C24H19ClN4O2/c1-16-14-21(30)22(24(31)28-20-5-3-2-4-19(20)25)23(18-8-12-27-13-9-18)29(16)15-17-6-10-26-11-7-17/h2-14H,15H2,1H3,(H,28,31). The lowest BCUT2D eigenvalue weighted by atomic mass is 10.0. The maximum atomic E-state index is 13.3. The average Bonchev–Trinajstić information content (AvgIpc) is 2.78. The minimum atomic E-state index is -0.520. The molecule has 4 aromatic rings. The molecule has 0 saturated heterocycles. The Morgan fingerprint density at radius 3 is 2.32 bits per heavy atom. The van der Waals surface area contributed by atoms with Crippen LogP contribution in [0, 0.1) is 6.92 Å². The molecule has 154 valence electrons. The van der Waals surface area contributed by atoms with E-state index < -0.39 is 5.91 Å². The highest BCUT2D eigenvalue weighted by Crippen LogP contribution is 2.26. The molecular weight excluding hydrogens is 412 g/mol. The van der Waals surface area contributed by atoms with E-state index >= 15 is 0 Å². The maximum Gasteiger partial charge on any atom is 0.261 e. The Hall–Kier alpha value is -3.77. The molecule has 0 aliphatic heterocycles. The fourth-order valence-corrected chi connectivity index (χ4v) is 3.60. The Kier molecular flexibility index (Phi) is 5.91. The summed E-state index contributed by atoms with van der Waals surface area (Å²) in [6.07, 6.45) is 6.69. The number of carbonyl (C=O) groups is 1. The largest absolute Gasteiger partial charge is 0.340 e. The molecule has 1 N–H and O–H groups in total. The average molecular weight is 431 g/mol. The van der Waals surface area contributed by atoms with Gasteiger partial charge in [0.15, 0.2) is 5.43 Å². The van der Waals surface area contributed by atoms with Crippen molar-refractivity contribution in [3.8, 4) is 11.3 Å². The van der Waals surface area contributed by atoms with Gasteiger partial charge < -0.3 is 9.88 Å². The van der Waals surface area contributed by atoms with E-state index in [9.17, 15) is 9.59 Å². The van der Waals surface area contributed by atoms with Crippen LogP contribution in [-0.4, -0.2) is 20.4 Å². The third kappa shape index (κ3) is 4.39. The molecule has 0 aliphatic rings. The Morgan fingerprint density at radius 1 is 1.00 bits per heavy atom. The second-order valence-corrected chi connectivity index (χ2v) is 7.39. The normalized spacial score (nSPS) is 10.6. The zero-order chi connectivity index (χ0) is 21.8. The van der Waals surface area contributed by atoms with E-state index in [-0.39, 0.29) is 11.0 Å². The first-order valence-electron chi connectivity index (χ1n) is 9.64. The molecule has 0 radical (unpaired) electrons. The summed E-state index contributed by atoms with van der Waals surface area (Å²) in [7, 11) is 0. The first-order valence-corrected chi connectivity index (χ1v) is 10.0. The highest BCUT2D eigenvalue weighted by atomic mass is 35.5. The molecule has 31 heavy (non-hydrogen) atoms. The minimum Gasteiger partial charge on any atom is -0.340 e. The van der Waals surface area contributed by atoms with Crippen molar-refractivity contribution in [1.82, 2.24) is 14.5 Å². The van der Waals surface area contributed by atoms with Gasteiger partial charge in [-0.25, -0.2) is 0 Å². The number of pyridine rings is 3. The topological polar surface area (TPSA) is 76.9 Å². The van der Waals surface area contributed by atoms with E-state index in [0.29, 0.717) is 28.5 Å². The Bertz CT molecular complexity index is 1290. The highest BCUT2D eigenvalue weighted by Gasteiger charge is 2.22. The summed E-state index contributed by atoms with van der Waals surface area (Å²) < 4.78 is 1.95. The molecule has 3 heterocycles. The molecule has 0 bridgehead atoms. The lowest BCUT2D eigenvalue weighted by Crippen LogP contribution is -2.27. The van der Waals surface area contributed by atoms with Gasteiger partial charge in [0.05, 0.1) is 16.4 Å². The Labute approximate surface area is 184 Å². The Balaban J connectivity index is 1.90. The number of hydrogen-bond donors (Lipinski definition) is 1. The summed E-state index contributed by atoms with van der Waals surface area (Å²) in [5, 5.41) is 3.17. The van der Waals surface area contributed by atoms with Gasteiger partial charge in [0.2, 0.25) is 0 Å². The van der Waals surface area contributed by atoms with Gasteiger partial charge in [-0.1, -0.05) is 23.7 Å². The van der Waals surface area contributed by atoms with Crippen LogP contribution in [0.4, 0.5) is 5.69 Å². The number of para-hydroxylation sites is 1. The number of carbonyl (C=O) groups excluding carboxylic acids is 1. The molecule has 0 fully saturated rings. The third-order valence-electron chi connectivity index (χ3n) is 4.91. The minimum absolute atomic E-state index is 0.0470. The van der Waals surface area contributed by atoms with Crippen LogP contribution >= 0.6 is 11.6 Å². The van der Waals surface area contributed by atoms with Crippen LogP contribution < -0.4 is 10.7 Å². The predicted molar refractivity (Wildman–Crippen MR) is 121 cm³/mol. The first-order chi connectivity index (χ1) is 15.0. The van der Waals surface area contributed by atoms with Crippen LogP contribution in [0.5, 0.6) is 0 Å². The fraction of sp³-hybridized carbons (Fsp3) is 0.0833. The summed E-state index contributed by atoms with van der Waals surface area (Å²) in [5.41, 5.74) is 3.10. The molecule has 0 saturated carbocycles. The highest BCUT2D eigenvalue weighted by molar-refractivity contribution is 6.34. The van der Waals surface area contributed by atoms with Crippen LogP contribution in [0.2, 0.25) is 5.02 Å². The van der Waals surface area contributed by atoms with Crippen LogP contribution in [0.15, 0.2) is 84.2 Å². The van der Waals surface area contributed by atoms with Crippen molar-refractivity contribution >= 4 is 23.2 Å². The van der Waals surface area contributed by atoms with Crippen LogP contribution in [0.1, 0.15) is 21.6 Å². The quantitative estimate of drug-likeness (QED) is 0.503. The van der Waals surface area contributed by atoms with Crippen molar-refractivity contribution in [3.63, 3.8) is 0 Å². The number of hydrogen-bond acceptors (Lipinski definition) is 4. The van der Waals surface area contributed by atoms with Crippen LogP contribution in [0.25, 0.3) is 11.3 Å². The summed E-state index contributed by atoms with van der Waals surface area (Å²) in [5.74, 6) is -0.520. The number of anilines is 1. The van der Waals surface area contributed by atoms with Gasteiger partial charge in [-0.3, -0.25) is 19.6 Å². The van der Waals surface area contributed by atoms with E-state index in [0.717, 1.165) is 11.3 Å². The van der Waals surface area contributed by atoms with Gasteiger partial charge in [0.25, 0.3) is 5.91 Å². The maximum absolute atomic E-state index is 13.3. The fourth-order valence-electron chi connectivity index (χ4n) is 3.42. The van der Waals surface area contributed by atoms with Crippen molar-refractivity contribution in [2.45, 2.75) is 13.5 Å². The summed E-state index contributed by atoms with van der Waals surface area (Å²) in [6.45, 7) is 2.32. The van der Waals surface area contributed by atoms with Crippen molar-refractivity contribution < 1.29 is 4.79 Å². The predicted octanol–water partition coefficient (Wildman–Crippen LogP) is 4.57. The van der Waals surface area contributed by atoms with Gasteiger partial charge in [-0.05, 0) is 48.9 Å². The van der Waals surface area contributed by atoms with Gasteiger partial charge >= 0.3 is 0 Å². The second kappa shape index (κ2) is 8.93. The molecule has 7 heteroatoms. The zero-order valence-electron chi connectivity index (χ0n) is 16.7. The van der Waals surface area contributed by atoms with E-state index in [1.165, 1.54) is 6.07 Å². The molecule has 0 spiro atoms. The number of nitrogens with one attached hydrogen (secondary N) is 1. The molecule has 3 aromatic heterocycles. The van der Waals surface area contributed by atoms with Crippen LogP contribution in [0.3, 0.4) is 0 Å². The van der Waals surface area contributed by atoms with Gasteiger partial charge in [0.1, 0.15) is 5.56 Å². The number of aryl methyl sites for hydroxylation is 1. The zero-order valence-corrected chi connectivity index (χ0v) is 17.5. The van der Waals surface area contributed by atoms with Gasteiger partial charge in [-0.15, -0.1) is 0 Å². The summed E-state index contributed by atoms with van der Waals surface area (Å²) >= 11 is 6.20. The second-order valence-electron chi connectivity index (χ2n) is 6.99. The number of aromatic nitrogens is 3. The van der Waals surface area contributed by atoms with Gasteiger partial charge in [-0.2, -0.15) is 0 Å². The molecule has 0 atom stereocenters. The molecule has 0 unspecified atom stereocenters. The molecule has 1 aromatic carbocycles. The van der Waals surface area contributed by atoms with Crippen LogP contribution in [-0.2, 0) is 6.54 Å². The SMILES string of the molecule is Cc1cc(=O)c(C(=O)Nc2ccccc2Cl)c(-c2ccncc2)n1Cc1ccncc1. The monoisotopic (exact) mass is 430 g/mol. The number of halogens is 1. The van der Waals surface area contributed by atoms with Crippen molar-refractivity contribution in [3.05, 3.63) is 111 Å². The first kappa shape index (κ1) is 20.5. The lowest BCUT2D eigenvalue weighted by Gasteiger charge is -2.20. The molecular formula is C24H19ClN4O2. The summed E-state index contributed by atoms with van der Waals surface area (Å²) in [4.78, 5) is 34.4. The molecule has 6 nitrogen and oxygen atoms in total. The third-order valence-corrected chi connectivity index (χ3v) is 5.24. The molecule has 0 aliphatic carbocycles. The van der Waals surface area contributed by atoms with E-state index in [1.54, 1.807) is 61.2 Å². The van der Waals surface area contributed by atoms with E-state index in [2.05, 4.69) is 15.3 Å². The van der Waals surface area contributed by atoms with Gasteiger partial charge in [0, 0.05) is 48.7 Å². The molecule has 4 rings (SSSR count).